The maximum absolute atomic E-state index is 12.3. The molecule has 124 valence electrons. The smallest absolute Gasteiger partial charge is 0.269 e. The molecule has 1 aromatic heterocycles. The summed E-state index contributed by atoms with van der Waals surface area (Å²) in [6.07, 6.45) is 0. The van der Waals surface area contributed by atoms with Crippen molar-refractivity contribution in [3.8, 4) is 11.5 Å². The predicted octanol–water partition coefficient (Wildman–Crippen LogP) is 3.75. The Morgan fingerprint density at radius 2 is 1.83 bits per heavy atom. The molecule has 0 aliphatic carbocycles. The minimum atomic E-state index is -0.170. The first-order valence-corrected chi connectivity index (χ1v) is 8.29. The van der Waals surface area contributed by atoms with Gasteiger partial charge < -0.3 is 19.8 Å². The van der Waals surface area contributed by atoms with E-state index in [0.29, 0.717) is 18.8 Å². The van der Waals surface area contributed by atoms with Crippen molar-refractivity contribution in [2.45, 2.75) is 0 Å². The molecule has 0 unspecified atom stereocenters. The van der Waals surface area contributed by atoms with Crippen LogP contribution in [0.5, 0.6) is 11.5 Å². The number of H-pyrrole nitrogens is 1. The summed E-state index contributed by atoms with van der Waals surface area (Å²) in [6.45, 7) is 0.794. The van der Waals surface area contributed by atoms with Gasteiger partial charge in [0.1, 0.15) is 23.8 Å². The zero-order valence-electron chi connectivity index (χ0n) is 13.1. The number of aromatic nitrogens is 1. The summed E-state index contributed by atoms with van der Waals surface area (Å²) in [7, 11) is 1.62. The van der Waals surface area contributed by atoms with Crippen molar-refractivity contribution in [1.82, 2.24) is 10.3 Å². The number of fused-ring (bicyclic) bond motifs is 1. The predicted molar refractivity (Wildman–Crippen MR) is 96.8 cm³/mol. The summed E-state index contributed by atoms with van der Waals surface area (Å²) in [5, 5.41) is 3.83. The number of amides is 1. The summed E-state index contributed by atoms with van der Waals surface area (Å²) >= 11 is 3.48. The fourth-order valence-corrected chi connectivity index (χ4v) is 2.98. The number of carbonyl (C=O) groups is 1. The summed E-state index contributed by atoms with van der Waals surface area (Å²) in [6, 6.07) is 15.1. The van der Waals surface area contributed by atoms with Crippen LogP contribution in [-0.4, -0.2) is 31.2 Å². The molecule has 3 aromatic rings. The number of aromatic amines is 1. The Bertz CT molecular complexity index is 843. The molecule has 5 nitrogen and oxygen atoms in total. The van der Waals surface area contributed by atoms with Crippen molar-refractivity contribution in [2.75, 3.05) is 20.3 Å². The van der Waals surface area contributed by atoms with Gasteiger partial charge in [0, 0.05) is 10.9 Å². The third-order valence-corrected chi connectivity index (χ3v) is 4.41. The van der Waals surface area contributed by atoms with E-state index in [1.165, 1.54) is 0 Å². The van der Waals surface area contributed by atoms with Crippen molar-refractivity contribution in [1.29, 1.82) is 0 Å². The number of halogens is 1. The molecule has 2 N–H and O–H groups in total. The van der Waals surface area contributed by atoms with Gasteiger partial charge in [-0.25, -0.2) is 0 Å². The molecule has 0 aliphatic rings. The monoisotopic (exact) mass is 388 g/mol. The molecule has 6 heteroatoms. The van der Waals surface area contributed by atoms with Gasteiger partial charge in [0.25, 0.3) is 5.91 Å². The van der Waals surface area contributed by atoms with Crippen LogP contribution >= 0.6 is 15.9 Å². The second-order valence-electron chi connectivity index (χ2n) is 5.14. The highest BCUT2D eigenvalue weighted by Crippen LogP contribution is 2.27. The Hall–Kier alpha value is -2.47. The van der Waals surface area contributed by atoms with Crippen LogP contribution in [0.2, 0.25) is 0 Å². The van der Waals surface area contributed by atoms with Crippen LogP contribution in [0, 0.1) is 0 Å². The van der Waals surface area contributed by atoms with Crippen molar-refractivity contribution in [3.63, 3.8) is 0 Å². The average Bonchev–Trinajstić information content (AvgIpc) is 2.96. The van der Waals surface area contributed by atoms with E-state index in [1.807, 2.05) is 48.5 Å². The number of methoxy groups -OCH3 is 1. The number of hydrogen-bond acceptors (Lipinski definition) is 3. The van der Waals surface area contributed by atoms with E-state index >= 15 is 0 Å². The largest absolute Gasteiger partial charge is 0.497 e. The van der Waals surface area contributed by atoms with Gasteiger partial charge in [0.2, 0.25) is 0 Å². The molecular weight excluding hydrogens is 372 g/mol. The summed E-state index contributed by atoms with van der Waals surface area (Å²) in [4.78, 5) is 15.4. The molecule has 0 saturated carbocycles. The molecule has 2 aromatic carbocycles. The van der Waals surface area contributed by atoms with E-state index in [-0.39, 0.29) is 5.91 Å². The van der Waals surface area contributed by atoms with Crippen LogP contribution in [0.1, 0.15) is 10.5 Å². The summed E-state index contributed by atoms with van der Waals surface area (Å²) in [5.41, 5.74) is 1.43. The van der Waals surface area contributed by atoms with Crippen LogP contribution < -0.4 is 14.8 Å². The molecule has 0 spiro atoms. The average molecular weight is 389 g/mol. The molecule has 0 radical (unpaired) electrons. The minimum Gasteiger partial charge on any atom is -0.497 e. The highest BCUT2D eigenvalue weighted by molar-refractivity contribution is 9.10. The van der Waals surface area contributed by atoms with Crippen LogP contribution in [-0.2, 0) is 0 Å². The normalized spacial score (nSPS) is 10.6. The zero-order valence-corrected chi connectivity index (χ0v) is 14.7. The number of para-hydroxylation sites is 1. The Kier molecular flexibility index (Phi) is 5.05. The van der Waals surface area contributed by atoms with Gasteiger partial charge >= 0.3 is 0 Å². The van der Waals surface area contributed by atoms with Gasteiger partial charge in [0.05, 0.1) is 18.1 Å². The summed E-state index contributed by atoms with van der Waals surface area (Å²) in [5.74, 6) is 1.34. The first kappa shape index (κ1) is 16.4. The second-order valence-corrected chi connectivity index (χ2v) is 5.93. The molecule has 1 heterocycles. The number of ether oxygens (including phenoxy) is 2. The Morgan fingerprint density at radius 3 is 2.54 bits per heavy atom. The van der Waals surface area contributed by atoms with E-state index < -0.39 is 0 Å². The molecule has 3 rings (SSSR count). The lowest BCUT2D eigenvalue weighted by Gasteiger charge is -2.08. The van der Waals surface area contributed by atoms with Crippen LogP contribution in [0.15, 0.2) is 53.0 Å². The van der Waals surface area contributed by atoms with Crippen molar-refractivity contribution < 1.29 is 14.3 Å². The summed E-state index contributed by atoms with van der Waals surface area (Å²) < 4.78 is 11.4. The highest BCUT2D eigenvalue weighted by atomic mass is 79.9. The van der Waals surface area contributed by atoms with E-state index in [0.717, 1.165) is 26.9 Å². The second kappa shape index (κ2) is 7.40. The number of hydrogen-bond donors (Lipinski definition) is 2. The van der Waals surface area contributed by atoms with Gasteiger partial charge in [-0.05, 0) is 46.3 Å². The van der Waals surface area contributed by atoms with Gasteiger partial charge in [-0.2, -0.15) is 0 Å². The highest BCUT2D eigenvalue weighted by Gasteiger charge is 2.15. The Balaban J connectivity index is 1.54. The first-order valence-electron chi connectivity index (χ1n) is 7.50. The van der Waals surface area contributed by atoms with Crippen molar-refractivity contribution >= 4 is 32.7 Å². The third kappa shape index (κ3) is 3.54. The topological polar surface area (TPSA) is 63.4 Å². The molecule has 0 fully saturated rings. The number of benzene rings is 2. The van der Waals surface area contributed by atoms with E-state index in [1.54, 1.807) is 7.11 Å². The molecule has 0 aliphatic heterocycles. The quantitative estimate of drug-likeness (QED) is 0.632. The lowest BCUT2D eigenvalue weighted by atomic mass is 10.2. The standard InChI is InChI=1S/C18H17BrN2O3/c1-23-12-6-8-13(9-7-12)24-11-10-20-18(22)17-16(19)14-4-2-3-5-15(14)21-17/h2-9,21H,10-11H2,1H3,(H,20,22). The lowest BCUT2D eigenvalue weighted by molar-refractivity contribution is 0.0942. The van der Waals surface area contributed by atoms with Crippen LogP contribution in [0.3, 0.4) is 0 Å². The third-order valence-electron chi connectivity index (χ3n) is 3.59. The maximum atomic E-state index is 12.3. The SMILES string of the molecule is COc1ccc(OCCNC(=O)c2[nH]c3ccccc3c2Br)cc1. The molecule has 0 bridgehead atoms. The molecule has 24 heavy (non-hydrogen) atoms. The zero-order chi connectivity index (χ0) is 16.9. The van der Waals surface area contributed by atoms with Gasteiger partial charge in [0.15, 0.2) is 0 Å². The van der Waals surface area contributed by atoms with Crippen LogP contribution in [0.25, 0.3) is 10.9 Å². The van der Waals surface area contributed by atoms with E-state index in [9.17, 15) is 4.79 Å². The Morgan fingerprint density at radius 1 is 1.12 bits per heavy atom. The van der Waals surface area contributed by atoms with Crippen molar-refractivity contribution in [3.05, 3.63) is 58.7 Å². The molecule has 0 saturated heterocycles. The van der Waals surface area contributed by atoms with Gasteiger partial charge in [-0.1, -0.05) is 18.2 Å². The first-order chi connectivity index (χ1) is 11.7. The fourth-order valence-electron chi connectivity index (χ4n) is 2.36. The van der Waals surface area contributed by atoms with Crippen molar-refractivity contribution in [2.24, 2.45) is 0 Å². The maximum Gasteiger partial charge on any atom is 0.269 e. The fraction of sp³-hybridized carbons (Fsp3) is 0.167. The molecular formula is C18H17BrN2O3. The van der Waals surface area contributed by atoms with Gasteiger partial charge in [-0.15, -0.1) is 0 Å². The van der Waals surface area contributed by atoms with E-state index in [2.05, 4.69) is 26.2 Å². The minimum absolute atomic E-state index is 0.170. The number of nitrogens with one attached hydrogen (secondary N) is 2. The van der Waals surface area contributed by atoms with E-state index in [4.69, 9.17) is 9.47 Å². The van der Waals surface area contributed by atoms with Gasteiger partial charge in [-0.3, -0.25) is 4.79 Å². The Labute approximate surface area is 148 Å². The molecule has 0 atom stereocenters. The number of carbonyl (C=O) groups excluding carboxylic acids is 1. The van der Waals surface area contributed by atoms with Crippen LogP contribution in [0.4, 0.5) is 0 Å². The number of rotatable bonds is 6. The lowest BCUT2D eigenvalue weighted by Crippen LogP contribution is -2.28. The molecule has 1 amide bonds.